The van der Waals surface area contributed by atoms with Crippen LogP contribution in [0, 0.1) is 5.92 Å². The van der Waals surface area contributed by atoms with Gasteiger partial charge < -0.3 is 25.0 Å². The number of hydrogen-bond acceptors (Lipinski definition) is 6. The number of methoxy groups -OCH3 is 1. The Bertz CT molecular complexity index is 726. The lowest BCUT2D eigenvalue weighted by Gasteiger charge is -2.54. The molecule has 6 atom stereocenters. The molecule has 32 heavy (non-hydrogen) atoms. The van der Waals surface area contributed by atoms with Gasteiger partial charge in [-0.25, -0.2) is 0 Å². The van der Waals surface area contributed by atoms with Crippen molar-refractivity contribution in [1.29, 1.82) is 0 Å². The van der Waals surface area contributed by atoms with Gasteiger partial charge in [0.25, 0.3) is 0 Å². The molecular weight excluding hydrogens is 404 g/mol. The zero-order valence-electron chi connectivity index (χ0n) is 21.5. The van der Waals surface area contributed by atoms with E-state index in [4.69, 9.17) is 9.84 Å². The molecule has 4 aliphatic rings. The molecular formula is C26H46N2O4. The van der Waals surface area contributed by atoms with Crippen LogP contribution in [-0.2, 0) is 5.41 Å². The molecule has 6 unspecified atom stereocenters. The molecule has 6 heteroatoms. The molecule has 0 radical (unpaired) electrons. The number of benzene rings is 1. The van der Waals surface area contributed by atoms with Crippen molar-refractivity contribution in [2.24, 2.45) is 5.92 Å². The van der Waals surface area contributed by atoms with Crippen LogP contribution in [0.25, 0.3) is 0 Å². The number of fused-ring (bicyclic) bond motifs is 1. The van der Waals surface area contributed by atoms with Gasteiger partial charge in [0, 0.05) is 49.8 Å². The van der Waals surface area contributed by atoms with E-state index in [1.807, 2.05) is 54.7 Å². The molecule has 6 nitrogen and oxygen atoms in total. The second-order valence-corrected chi connectivity index (χ2v) is 7.66. The van der Waals surface area contributed by atoms with Crippen LogP contribution in [-0.4, -0.2) is 78.9 Å². The van der Waals surface area contributed by atoms with Gasteiger partial charge >= 0.3 is 0 Å². The van der Waals surface area contributed by atoms with E-state index < -0.39 is 12.2 Å². The molecule has 3 aliphatic heterocycles. The van der Waals surface area contributed by atoms with E-state index >= 15 is 0 Å². The normalized spacial score (nSPS) is 32.8. The molecule has 1 saturated carbocycles. The minimum atomic E-state index is -0.752. The molecule has 1 aromatic rings. The van der Waals surface area contributed by atoms with Gasteiger partial charge in [0.1, 0.15) is 11.9 Å². The molecule has 3 heterocycles. The summed E-state index contributed by atoms with van der Waals surface area (Å²) in [5, 5.41) is 28.8. The van der Waals surface area contributed by atoms with Crippen LogP contribution in [0.2, 0.25) is 0 Å². The first kappa shape index (κ1) is 28.4. The van der Waals surface area contributed by atoms with Crippen molar-refractivity contribution >= 4 is 5.69 Å². The third kappa shape index (κ3) is 4.18. The van der Waals surface area contributed by atoms with E-state index in [2.05, 4.69) is 34.1 Å². The van der Waals surface area contributed by atoms with Crippen molar-refractivity contribution in [1.82, 2.24) is 4.90 Å². The van der Waals surface area contributed by atoms with Gasteiger partial charge in [-0.2, -0.15) is 0 Å². The van der Waals surface area contributed by atoms with Crippen molar-refractivity contribution in [3.63, 3.8) is 0 Å². The van der Waals surface area contributed by atoms with E-state index in [9.17, 15) is 10.2 Å². The summed E-state index contributed by atoms with van der Waals surface area (Å²) in [5.74, 6) is 0.828. The molecule has 1 aromatic carbocycles. The van der Waals surface area contributed by atoms with Crippen molar-refractivity contribution < 1.29 is 20.1 Å². The summed E-state index contributed by atoms with van der Waals surface area (Å²) in [7, 11) is 4.72. The molecule has 0 aromatic heterocycles. The number of hydrogen-bond donors (Lipinski definition) is 3. The quantitative estimate of drug-likeness (QED) is 0.569. The Morgan fingerprint density at radius 2 is 1.59 bits per heavy atom. The summed E-state index contributed by atoms with van der Waals surface area (Å²) in [4.78, 5) is 4.66. The average molecular weight is 451 g/mol. The van der Waals surface area contributed by atoms with Crippen LogP contribution in [0.3, 0.4) is 0 Å². The van der Waals surface area contributed by atoms with Crippen LogP contribution >= 0.6 is 0 Å². The molecule has 5 rings (SSSR count). The number of anilines is 1. The van der Waals surface area contributed by atoms with E-state index in [-0.39, 0.29) is 23.4 Å². The van der Waals surface area contributed by atoms with Crippen LogP contribution in [0.4, 0.5) is 5.69 Å². The number of aliphatic hydroxyl groups excluding tert-OH is 3. The first-order chi connectivity index (χ1) is 15.6. The Balaban J connectivity index is 0.000000581. The highest BCUT2D eigenvalue weighted by atomic mass is 16.5. The zero-order chi connectivity index (χ0) is 24.6. The second-order valence-electron chi connectivity index (χ2n) is 7.66. The lowest BCUT2D eigenvalue weighted by atomic mass is 9.58. The van der Waals surface area contributed by atoms with Gasteiger partial charge in [0.05, 0.1) is 19.3 Å². The molecule has 3 N–H and O–H groups in total. The Labute approximate surface area is 195 Å². The smallest absolute Gasteiger partial charge is 0.120 e. The molecule has 1 spiro atoms. The lowest BCUT2D eigenvalue weighted by Crippen LogP contribution is -2.69. The van der Waals surface area contributed by atoms with Crippen LogP contribution in [0.1, 0.15) is 53.5 Å². The topological polar surface area (TPSA) is 76.4 Å². The van der Waals surface area contributed by atoms with E-state index in [1.54, 1.807) is 7.11 Å². The van der Waals surface area contributed by atoms with Gasteiger partial charge in [-0.3, -0.25) is 4.90 Å². The fourth-order valence-corrected chi connectivity index (χ4v) is 6.04. The van der Waals surface area contributed by atoms with Crippen molar-refractivity contribution in [3.8, 4) is 5.75 Å². The second kappa shape index (κ2) is 12.6. The maximum Gasteiger partial charge on any atom is 0.120 e. The molecule has 0 amide bonds. The average Bonchev–Trinajstić information content (AvgIpc) is 3.39. The van der Waals surface area contributed by atoms with Gasteiger partial charge in [-0.1, -0.05) is 59.8 Å². The number of likely N-dealkylation sites (N-methyl/N-ethyl adjacent to an activating group) is 1. The van der Waals surface area contributed by atoms with Crippen molar-refractivity contribution in [3.05, 3.63) is 35.9 Å². The number of nitrogens with zero attached hydrogens (tertiary/aromatic N) is 2. The van der Waals surface area contributed by atoms with Gasteiger partial charge in [-0.15, -0.1) is 0 Å². The Hall–Kier alpha value is -1.60. The van der Waals surface area contributed by atoms with E-state index in [0.29, 0.717) is 0 Å². The Morgan fingerprint density at radius 3 is 2.19 bits per heavy atom. The van der Waals surface area contributed by atoms with Crippen LogP contribution < -0.4 is 9.64 Å². The predicted molar refractivity (Wildman–Crippen MR) is 134 cm³/mol. The van der Waals surface area contributed by atoms with Gasteiger partial charge in [0.15, 0.2) is 0 Å². The van der Waals surface area contributed by atoms with Gasteiger partial charge in [0.2, 0.25) is 0 Å². The Morgan fingerprint density at radius 1 is 0.969 bits per heavy atom. The highest BCUT2D eigenvalue weighted by Crippen LogP contribution is 2.60. The fraction of sp³-hybridized carbons (Fsp3) is 0.692. The highest BCUT2D eigenvalue weighted by molar-refractivity contribution is 5.69. The SMILES string of the molecule is CC.CC.CC.CO.COc1ccc2c(c1)N(C)C1C(O)C(O)C3C=CCN4CCC21C34. The summed E-state index contributed by atoms with van der Waals surface area (Å²) in [6, 6.07) is 6.43. The fourth-order valence-electron chi connectivity index (χ4n) is 6.04. The summed E-state index contributed by atoms with van der Waals surface area (Å²) < 4.78 is 5.41. The van der Waals surface area contributed by atoms with Crippen molar-refractivity contribution in [2.75, 3.05) is 39.3 Å². The first-order valence-corrected chi connectivity index (χ1v) is 12.2. The standard InChI is InChI=1S/C19H24N2O3.3C2H6.CH4O/c1-20-14-10-11(24-2)5-6-13(14)19-7-9-21-8-3-4-12(17(19)21)15(22)16(23)18(19)20;4*1-2/h3-6,10,12,15-18,22-23H,7-9H2,1-2H3;3*1-2H3;2H,1H3. The predicted octanol–water partition coefficient (Wildman–Crippen LogP) is 3.43. The summed E-state index contributed by atoms with van der Waals surface area (Å²) in [5.41, 5.74) is 2.31. The minimum absolute atomic E-state index is 0.00560. The molecule has 0 bridgehead atoms. The minimum Gasteiger partial charge on any atom is -0.497 e. The third-order valence-electron chi connectivity index (χ3n) is 6.90. The Kier molecular flexibility index (Phi) is 11.2. The maximum atomic E-state index is 11.0. The maximum absolute atomic E-state index is 11.0. The number of aliphatic hydroxyl groups is 3. The van der Waals surface area contributed by atoms with Crippen LogP contribution in [0.5, 0.6) is 5.75 Å². The summed E-state index contributed by atoms with van der Waals surface area (Å²) >= 11 is 0. The number of rotatable bonds is 1. The van der Waals surface area contributed by atoms with E-state index in [1.165, 1.54) is 5.56 Å². The number of ether oxygens (including phenoxy) is 1. The molecule has 184 valence electrons. The summed E-state index contributed by atoms with van der Waals surface area (Å²) in [6.45, 7) is 14.0. The highest BCUT2D eigenvalue weighted by Gasteiger charge is 2.67. The molecule has 2 fully saturated rings. The van der Waals surface area contributed by atoms with Gasteiger partial charge in [-0.05, 0) is 24.6 Å². The molecule has 1 aliphatic carbocycles. The molecule has 1 saturated heterocycles. The van der Waals surface area contributed by atoms with Crippen LogP contribution in [0.15, 0.2) is 30.4 Å². The first-order valence-electron chi connectivity index (χ1n) is 12.2. The van der Waals surface area contributed by atoms with E-state index in [0.717, 1.165) is 38.1 Å². The summed E-state index contributed by atoms with van der Waals surface area (Å²) in [6.07, 6.45) is 3.82. The zero-order valence-corrected chi connectivity index (χ0v) is 21.5. The largest absolute Gasteiger partial charge is 0.497 e. The lowest BCUT2D eigenvalue weighted by molar-refractivity contribution is -0.0912. The monoisotopic (exact) mass is 450 g/mol. The third-order valence-corrected chi connectivity index (χ3v) is 6.90. The van der Waals surface area contributed by atoms with Crippen molar-refractivity contribution in [2.45, 2.75) is 77.7 Å².